The number of aromatic nitrogens is 1. The Morgan fingerprint density at radius 2 is 2.36 bits per heavy atom. The van der Waals surface area contributed by atoms with Crippen molar-refractivity contribution < 1.29 is 5.21 Å². The Labute approximate surface area is 87.7 Å². The van der Waals surface area contributed by atoms with Gasteiger partial charge in [-0.05, 0) is 20.3 Å². The lowest BCUT2D eigenvalue weighted by molar-refractivity contribution is 0.319. The van der Waals surface area contributed by atoms with Gasteiger partial charge in [0.2, 0.25) is 0 Å². The molecule has 2 N–H and O–H groups in total. The van der Waals surface area contributed by atoms with E-state index in [9.17, 15) is 0 Å². The summed E-state index contributed by atoms with van der Waals surface area (Å²) in [6.07, 6.45) is 1.07. The summed E-state index contributed by atoms with van der Waals surface area (Å²) < 4.78 is 0. The van der Waals surface area contributed by atoms with Crippen LogP contribution < -0.4 is 5.32 Å². The van der Waals surface area contributed by atoms with Crippen molar-refractivity contribution in [3.05, 3.63) is 10.6 Å². The second-order valence-corrected chi connectivity index (χ2v) is 4.04. The topological polar surface area (TPSA) is 57.5 Å². The molecule has 78 valence electrons. The van der Waals surface area contributed by atoms with Crippen molar-refractivity contribution in [2.24, 2.45) is 5.16 Å². The molecule has 0 spiro atoms. The van der Waals surface area contributed by atoms with Gasteiger partial charge < -0.3 is 10.5 Å². The Bertz CT molecular complexity index is 333. The van der Waals surface area contributed by atoms with Gasteiger partial charge in [-0.1, -0.05) is 23.4 Å². The number of oxime groups is 1. The fourth-order valence-electron chi connectivity index (χ4n) is 1.09. The van der Waals surface area contributed by atoms with Gasteiger partial charge in [-0.3, -0.25) is 0 Å². The van der Waals surface area contributed by atoms with E-state index < -0.39 is 0 Å². The van der Waals surface area contributed by atoms with E-state index in [0.29, 0.717) is 5.71 Å². The van der Waals surface area contributed by atoms with Crippen molar-refractivity contribution in [2.45, 2.75) is 27.2 Å². The van der Waals surface area contributed by atoms with E-state index in [-0.39, 0.29) is 0 Å². The first-order valence-corrected chi connectivity index (χ1v) is 5.41. The van der Waals surface area contributed by atoms with Gasteiger partial charge in [0.15, 0.2) is 5.13 Å². The normalized spacial score (nSPS) is 11.8. The Balaban J connectivity index is 2.82. The Hall–Kier alpha value is -1.10. The van der Waals surface area contributed by atoms with Crippen LogP contribution in [0.4, 0.5) is 5.13 Å². The fourth-order valence-corrected chi connectivity index (χ4v) is 2.02. The maximum atomic E-state index is 8.64. The first-order valence-electron chi connectivity index (χ1n) is 4.59. The quantitative estimate of drug-likeness (QED) is 0.459. The highest BCUT2D eigenvalue weighted by atomic mass is 32.1. The minimum atomic E-state index is 0.615. The molecule has 0 saturated carbocycles. The van der Waals surface area contributed by atoms with Crippen LogP contribution in [0.25, 0.3) is 0 Å². The highest BCUT2D eigenvalue weighted by molar-refractivity contribution is 7.17. The van der Waals surface area contributed by atoms with Crippen LogP contribution in [0.5, 0.6) is 0 Å². The number of anilines is 1. The van der Waals surface area contributed by atoms with Crippen LogP contribution in [0.15, 0.2) is 5.16 Å². The third kappa shape index (κ3) is 2.45. The van der Waals surface area contributed by atoms with Gasteiger partial charge in [0.05, 0.1) is 16.3 Å². The number of nitrogens with one attached hydrogen (secondary N) is 1. The lowest BCUT2D eigenvalue weighted by atomic mass is 10.3. The molecule has 0 aliphatic carbocycles. The van der Waals surface area contributed by atoms with Crippen molar-refractivity contribution in [3.63, 3.8) is 0 Å². The van der Waals surface area contributed by atoms with Crippen LogP contribution in [0, 0.1) is 6.92 Å². The van der Waals surface area contributed by atoms with Crippen molar-refractivity contribution in [3.8, 4) is 0 Å². The van der Waals surface area contributed by atoms with Crippen molar-refractivity contribution in [1.29, 1.82) is 0 Å². The molecule has 0 aliphatic heterocycles. The maximum Gasteiger partial charge on any atom is 0.183 e. The van der Waals surface area contributed by atoms with Gasteiger partial charge in [-0.2, -0.15) is 0 Å². The number of hydrogen-bond donors (Lipinski definition) is 2. The zero-order chi connectivity index (χ0) is 10.6. The summed E-state index contributed by atoms with van der Waals surface area (Å²) in [5, 5.41) is 15.9. The molecular formula is C9H15N3OS. The third-order valence-corrected chi connectivity index (χ3v) is 3.03. The summed E-state index contributed by atoms with van der Waals surface area (Å²) in [5.74, 6) is 0. The summed E-state index contributed by atoms with van der Waals surface area (Å²) in [4.78, 5) is 5.27. The van der Waals surface area contributed by atoms with E-state index in [1.165, 1.54) is 11.3 Å². The molecule has 1 aromatic heterocycles. The average Bonchev–Trinajstić information content (AvgIpc) is 2.55. The number of thiazole rings is 1. The van der Waals surface area contributed by atoms with E-state index in [2.05, 4.69) is 22.4 Å². The first kappa shape index (κ1) is 11.0. The molecule has 4 nitrogen and oxygen atoms in total. The van der Waals surface area contributed by atoms with Crippen molar-refractivity contribution in [1.82, 2.24) is 4.98 Å². The van der Waals surface area contributed by atoms with E-state index in [0.717, 1.165) is 28.7 Å². The SMILES string of the molecule is CCCNc1nc(C)c(C(C)=NO)s1. The summed E-state index contributed by atoms with van der Waals surface area (Å²) in [5.41, 5.74) is 1.52. The van der Waals surface area contributed by atoms with Gasteiger partial charge in [0.25, 0.3) is 0 Å². The molecule has 0 atom stereocenters. The number of hydrogen-bond acceptors (Lipinski definition) is 5. The summed E-state index contributed by atoms with van der Waals surface area (Å²) in [7, 11) is 0. The molecule has 1 rings (SSSR count). The predicted octanol–water partition coefficient (Wildman–Crippen LogP) is 2.47. The molecule has 5 heteroatoms. The second kappa shape index (κ2) is 4.95. The Morgan fingerprint density at radius 3 is 2.93 bits per heavy atom. The van der Waals surface area contributed by atoms with Crippen LogP contribution in [-0.4, -0.2) is 22.4 Å². The van der Waals surface area contributed by atoms with Crippen molar-refractivity contribution >= 4 is 22.2 Å². The number of aryl methyl sites for hydroxylation is 1. The zero-order valence-electron chi connectivity index (χ0n) is 8.66. The van der Waals surface area contributed by atoms with Crippen LogP contribution in [0.3, 0.4) is 0 Å². The smallest absolute Gasteiger partial charge is 0.183 e. The highest BCUT2D eigenvalue weighted by Gasteiger charge is 2.09. The highest BCUT2D eigenvalue weighted by Crippen LogP contribution is 2.22. The van der Waals surface area contributed by atoms with Gasteiger partial charge >= 0.3 is 0 Å². The van der Waals surface area contributed by atoms with Crippen LogP contribution >= 0.6 is 11.3 Å². The summed E-state index contributed by atoms with van der Waals surface area (Å²) >= 11 is 1.52. The molecule has 0 aromatic carbocycles. The molecule has 0 fully saturated rings. The Kier molecular flexibility index (Phi) is 3.88. The zero-order valence-corrected chi connectivity index (χ0v) is 9.48. The molecule has 0 bridgehead atoms. The minimum absolute atomic E-state index is 0.615. The second-order valence-electron chi connectivity index (χ2n) is 3.05. The van der Waals surface area contributed by atoms with Crippen LogP contribution in [-0.2, 0) is 0 Å². The molecule has 0 unspecified atom stereocenters. The predicted molar refractivity (Wildman–Crippen MR) is 59.6 cm³/mol. The van der Waals surface area contributed by atoms with Gasteiger partial charge in [-0.25, -0.2) is 4.98 Å². The van der Waals surface area contributed by atoms with Crippen LogP contribution in [0.2, 0.25) is 0 Å². The largest absolute Gasteiger partial charge is 0.411 e. The van der Waals surface area contributed by atoms with E-state index >= 15 is 0 Å². The standard InChI is InChI=1S/C9H15N3OS/c1-4-5-10-9-11-6(2)8(14-9)7(3)12-13/h13H,4-5H2,1-3H3,(H,10,11). The molecule has 1 heterocycles. The van der Waals surface area contributed by atoms with Gasteiger partial charge in [0.1, 0.15) is 0 Å². The summed E-state index contributed by atoms with van der Waals surface area (Å²) in [6, 6.07) is 0. The number of nitrogens with zero attached hydrogens (tertiary/aromatic N) is 2. The molecule has 0 saturated heterocycles. The fraction of sp³-hybridized carbons (Fsp3) is 0.556. The molecule has 14 heavy (non-hydrogen) atoms. The lowest BCUT2D eigenvalue weighted by Crippen LogP contribution is -1.98. The monoisotopic (exact) mass is 213 g/mol. The van der Waals surface area contributed by atoms with E-state index in [4.69, 9.17) is 5.21 Å². The lowest BCUT2D eigenvalue weighted by Gasteiger charge is -1.96. The maximum absolute atomic E-state index is 8.64. The van der Waals surface area contributed by atoms with Crippen LogP contribution in [0.1, 0.15) is 30.8 Å². The van der Waals surface area contributed by atoms with Crippen molar-refractivity contribution in [2.75, 3.05) is 11.9 Å². The van der Waals surface area contributed by atoms with Gasteiger partial charge in [0, 0.05) is 6.54 Å². The average molecular weight is 213 g/mol. The molecule has 1 aromatic rings. The third-order valence-electron chi connectivity index (χ3n) is 1.80. The Morgan fingerprint density at radius 1 is 1.64 bits per heavy atom. The molecule has 0 amide bonds. The molecular weight excluding hydrogens is 198 g/mol. The molecule has 0 radical (unpaired) electrons. The molecule has 0 aliphatic rings. The first-order chi connectivity index (χ1) is 6.69. The number of rotatable bonds is 4. The summed E-state index contributed by atoms with van der Waals surface area (Å²) in [6.45, 7) is 6.71. The van der Waals surface area contributed by atoms with Gasteiger partial charge in [-0.15, -0.1) is 0 Å². The minimum Gasteiger partial charge on any atom is -0.411 e. The van der Waals surface area contributed by atoms with E-state index in [1.54, 1.807) is 6.92 Å². The van der Waals surface area contributed by atoms with E-state index in [1.807, 2.05) is 6.92 Å².